The van der Waals surface area contributed by atoms with Crippen molar-refractivity contribution >= 4 is 23.1 Å². The lowest BCUT2D eigenvalue weighted by atomic mass is 10.2. The van der Waals surface area contributed by atoms with Crippen molar-refractivity contribution in [2.75, 3.05) is 39.9 Å². The molecule has 0 atom stereocenters. The Kier molecular flexibility index (Phi) is 11.1. The summed E-state index contributed by atoms with van der Waals surface area (Å²) in [6.07, 6.45) is 0.760. The van der Waals surface area contributed by atoms with Crippen molar-refractivity contribution < 1.29 is 19.4 Å². The molecule has 0 saturated carbocycles. The summed E-state index contributed by atoms with van der Waals surface area (Å²) in [5.74, 6) is 0.538. The van der Waals surface area contributed by atoms with Crippen molar-refractivity contribution in [3.05, 3.63) is 101 Å². The van der Waals surface area contributed by atoms with E-state index in [1.54, 1.807) is 4.90 Å². The van der Waals surface area contributed by atoms with Crippen molar-refractivity contribution in [1.29, 1.82) is 0 Å². The molecule has 1 heterocycles. The fraction of sp³-hybridized carbons (Fsp3) is 0.290. The van der Waals surface area contributed by atoms with Crippen LogP contribution in [0.4, 0.5) is 0 Å². The number of aromatic nitrogens is 1. The van der Waals surface area contributed by atoms with Crippen molar-refractivity contribution in [2.45, 2.75) is 20.4 Å². The van der Waals surface area contributed by atoms with E-state index in [1.165, 1.54) is 5.56 Å². The number of carbonyl (C=O) groups is 2. The quantitative estimate of drug-likeness (QED) is 0.285. The van der Waals surface area contributed by atoms with Gasteiger partial charge in [0, 0.05) is 30.5 Å². The molecule has 7 nitrogen and oxygen atoms in total. The average Bonchev–Trinajstić information content (AvgIpc) is 3.34. The van der Waals surface area contributed by atoms with Gasteiger partial charge in [0.1, 0.15) is 24.3 Å². The van der Waals surface area contributed by atoms with E-state index in [1.807, 2.05) is 80.7 Å². The highest BCUT2D eigenvalue weighted by atomic mass is 16.5. The maximum absolute atomic E-state index is 13.0. The third kappa shape index (κ3) is 8.87. The van der Waals surface area contributed by atoms with Crippen LogP contribution in [-0.4, -0.2) is 72.0 Å². The highest BCUT2D eigenvalue weighted by molar-refractivity contribution is 5.98. The molecule has 0 spiro atoms. The van der Waals surface area contributed by atoms with Crippen LogP contribution in [0.3, 0.4) is 0 Å². The molecular weight excluding hydrogens is 478 g/mol. The number of aromatic amines is 1. The van der Waals surface area contributed by atoms with Crippen molar-refractivity contribution in [2.24, 2.45) is 0 Å². The van der Waals surface area contributed by atoms with Gasteiger partial charge in [-0.25, -0.2) is 0 Å². The molecule has 1 aromatic heterocycles. The fourth-order valence-electron chi connectivity index (χ4n) is 3.97. The summed E-state index contributed by atoms with van der Waals surface area (Å²) >= 11 is 0. The van der Waals surface area contributed by atoms with Crippen LogP contribution in [0.25, 0.3) is 10.9 Å². The number of ether oxygens (including phenoxy) is 1. The first-order chi connectivity index (χ1) is 18.4. The number of hydrogen-bond acceptors (Lipinski definition) is 5. The number of aliphatic hydroxyl groups is 1. The van der Waals surface area contributed by atoms with Gasteiger partial charge in [-0.15, -0.1) is 0 Å². The molecule has 7 heteroatoms. The summed E-state index contributed by atoms with van der Waals surface area (Å²) in [4.78, 5) is 31.0. The number of carbonyl (C=O) groups excluding carboxylic acids is 2. The number of amides is 1. The third-order valence-corrected chi connectivity index (χ3v) is 6.02. The molecule has 2 N–H and O–H groups in total. The Hall–Kier alpha value is -3.94. The number of fused-ring (bicyclic) bond motifs is 1. The van der Waals surface area contributed by atoms with Gasteiger partial charge in [-0.1, -0.05) is 59.7 Å². The van der Waals surface area contributed by atoms with Gasteiger partial charge in [-0.05, 0) is 56.8 Å². The normalized spacial score (nSPS) is 10.7. The van der Waals surface area contributed by atoms with Crippen LogP contribution in [0, 0.1) is 13.8 Å². The number of aryl methyl sites for hydroxylation is 2. The highest BCUT2D eigenvalue weighted by Crippen LogP contribution is 2.18. The molecule has 0 fully saturated rings. The molecule has 3 aromatic carbocycles. The first-order valence-electron chi connectivity index (χ1n) is 12.7. The zero-order chi connectivity index (χ0) is 27.3. The van der Waals surface area contributed by atoms with E-state index >= 15 is 0 Å². The van der Waals surface area contributed by atoms with Crippen LogP contribution in [0.2, 0.25) is 0 Å². The van der Waals surface area contributed by atoms with Crippen LogP contribution >= 0.6 is 0 Å². The largest absolute Gasteiger partial charge is 0.491 e. The van der Waals surface area contributed by atoms with E-state index in [0.717, 1.165) is 34.1 Å². The van der Waals surface area contributed by atoms with Gasteiger partial charge < -0.3 is 29.4 Å². The molecule has 0 aliphatic rings. The molecule has 0 bridgehead atoms. The molecule has 38 heavy (non-hydrogen) atoms. The minimum atomic E-state index is -0.181. The molecule has 4 aromatic rings. The Labute approximate surface area is 224 Å². The van der Waals surface area contributed by atoms with Crippen molar-refractivity contribution in [3.8, 4) is 5.75 Å². The topological polar surface area (TPSA) is 85.9 Å². The van der Waals surface area contributed by atoms with E-state index in [2.05, 4.69) is 28.9 Å². The van der Waals surface area contributed by atoms with Crippen LogP contribution in [0.15, 0.2) is 78.9 Å². The lowest BCUT2D eigenvalue weighted by molar-refractivity contribution is -0.108. The monoisotopic (exact) mass is 515 g/mol. The number of H-pyrrole nitrogens is 1. The van der Waals surface area contributed by atoms with E-state index < -0.39 is 0 Å². The van der Waals surface area contributed by atoms with Gasteiger partial charge in [0.15, 0.2) is 0 Å². The predicted molar refractivity (Wildman–Crippen MR) is 152 cm³/mol. The Morgan fingerprint density at radius 1 is 0.947 bits per heavy atom. The zero-order valence-electron chi connectivity index (χ0n) is 22.4. The van der Waals surface area contributed by atoms with Gasteiger partial charge in [-0.2, -0.15) is 0 Å². The Morgan fingerprint density at radius 2 is 1.68 bits per heavy atom. The van der Waals surface area contributed by atoms with Crippen molar-refractivity contribution in [1.82, 2.24) is 14.8 Å². The third-order valence-electron chi connectivity index (χ3n) is 6.02. The molecule has 4 rings (SSSR count). The van der Waals surface area contributed by atoms with E-state index in [4.69, 9.17) is 9.84 Å². The number of nitrogens with zero attached hydrogens (tertiary/aromatic N) is 2. The van der Waals surface area contributed by atoms with E-state index in [9.17, 15) is 9.59 Å². The first-order valence-corrected chi connectivity index (χ1v) is 12.7. The van der Waals surface area contributed by atoms with Crippen molar-refractivity contribution in [3.63, 3.8) is 0 Å². The molecule has 0 aliphatic heterocycles. The predicted octanol–water partition coefficient (Wildman–Crippen LogP) is 4.62. The fourth-order valence-corrected chi connectivity index (χ4v) is 3.97. The number of benzene rings is 3. The molecule has 200 valence electrons. The summed E-state index contributed by atoms with van der Waals surface area (Å²) in [5, 5.41) is 9.80. The zero-order valence-corrected chi connectivity index (χ0v) is 22.4. The molecule has 1 amide bonds. The second kappa shape index (κ2) is 14.7. The second-order valence-corrected chi connectivity index (χ2v) is 9.30. The minimum absolute atomic E-state index is 0.0152. The Morgan fingerprint density at radius 3 is 2.32 bits per heavy atom. The molecule has 0 radical (unpaired) electrons. The molecular formula is C31H37N3O4. The summed E-state index contributed by atoms with van der Waals surface area (Å²) in [5.41, 5.74) is 4.96. The van der Waals surface area contributed by atoms with Crippen LogP contribution in [0.5, 0.6) is 5.75 Å². The second-order valence-electron chi connectivity index (χ2n) is 9.30. The van der Waals surface area contributed by atoms with Gasteiger partial charge in [0.25, 0.3) is 5.91 Å². The number of aliphatic hydroxyl groups excluding tert-OH is 1. The Balaban J connectivity index is 0.000000494. The van der Waals surface area contributed by atoms with E-state index in [-0.39, 0.29) is 25.7 Å². The summed E-state index contributed by atoms with van der Waals surface area (Å²) < 4.78 is 5.37. The van der Waals surface area contributed by atoms with Gasteiger partial charge in [0.05, 0.1) is 13.2 Å². The number of hydrogen-bond donors (Lipinski definition) is 2. The number of aldehydes is 1. The minimum Gasteiger partial charge on any atom is -0.491 e. The summed E-state index contributed by atoms with van der Waals surface area (Å²) in [6, 6.07) is 25.8. The van der Waals surface area contributed by atoms with Crippen LogP contribution < -0.4 is 4.74 Å². The molecule has 0 unspecified atom stereocenters. The standard InChI is InChI=1S/C24H29N3O4.C7H8/c1-18-3-8-22-20(15-18)16-23(25-22)24(30)27(11-12-28)10-9-26(2)17-19-4-6-21(7-5-19)31-14-13-29;1-7-5-3-2-4-6-7/h3-8,12,15-16,25,29H,9-11,13-14,17H2,1-2H3;2-6H,1H3. The van der Waals surface area contributed by atoms with Crippen LogP contribution in [-0.2, 0) is 11.3 Å². The molecule has 0 saturated heterocycles. The highest BCUT2D eigenvalue weighted by Gasteiger charge is 2.18. The number of rotatable bonds is 11. The van der Waals surface area contributed by atoms with E-state index in [0.29, 0.717) is 25.3 Å². The van der Waals surface area contributed by atoms with Gasteiger partial charge in [0.2, 0.25) is 0 Å². The number of likely N-dealkylation sites (N-methyl/N-ethyl adjacent to an activating group) is 1. The smallest absolute Gasteiger partial charge is 0.270 e. The van der Waals surface area contributed by atoms with Gasteiger partial charge >= 0.3 is 0 Å². The maximum atomic E-state index is 13.0. The lowest BCUT2D eigenvalue weighted by Crippen LogP contribution is -2.38. The SMILES string of the molecule is Cc1ccc2[nH]c(C(=O)N(CC=O)CCN(C)Cc3ccc(OCCO)cc3)cc2c1.Cc1ccccc1. The number of nitrogens with one attached hydrogen (secondary N) is 1. The average molecular weight is 516 g/mol. The Bertz CT molecular complexity index is 1290. The first kappa shape index (κ1) is 28.6. The van der Waals surface area contributed by atoms with Gasteiger partial charge in [-0.3, -0.25) is 4.79 Å². The summed E-state index contributed by atoms with van der Waals surface area (Å²) in [7, 11) is 1.98. The lowest BCUT2D eigenvalue weighted by Gasteiger charge is -2.24. The molecule has 0 aliphatic carbocycles. The van der Waals surface area contributed by atoms with Crippen LogP contribution in [0.1, 0.15) is 27.2 Å². The maximum Gasteiger partial charge on any atom is 0.270 e. The summed E-state index contributed by atoms with van der Waals surface area (Å²) in [6.45, 7) is 6.18.